The van der Waals surface area contributed by atoms with Crippen molar-refractivity contribution >= 4 is 11.0 Å². The van der Waals surface area contributed by atoms with Crippen LogP contribution in [0, 0.1) is 0 Å². The van der Waals surface area contributed by atoms with E-state index in [1.165, 1.54) is 0 Å². The normalized spacial score (nSPS) is 14.0. The summed E-state index contributed by atoms with van der Waals surface area (Å²) in [7, 11) is -1.21. The van der Waals surface area contributed by atoms with Crippen molar-refractivity contribution in [2.75, 3.05) is 6.61 Å². The SMILES string of the molecule is C=CCOc1ccccc1[C@H](N[S@@](=O)C(C)(C)C)c1ccccc1. The number of hydrogen-bond acceptors (Lipinski definition) is 2. The fraction of sp³-hybridized carbons (Fsp3) is 0.300. The molecule has 0 aliphatic rings. The quantitative estimate of drug-likeness (QED) is 0.757. The molecule has 0 unspecified atom stereocenters. The summed E-state index contributed by atoms with van der Waals surface area (Å²) in [5.41, 5.74) is 2.01. The number of rotatable bonds is 7. The minimum Gasteiger partial charge on any atom is -0.489 e. The molecule has 128 valence electrons. The Morgan fingerprint density at radius 3 is 2.38 bits per heavy atom. The standard InChI is InChI=1S/C20H25NO2S/c1-5-15-23-18-14-10-9-13-17(18)19(16-11-7-6-8-12-16)21-24(22)20(2,3)4/h5-14,19,21H,1,15H2,2-4H3/t19-,24+/m1/s1. The van der Waals surface area contributed by atoms with Crippen molar-refractivity contribution in [3.05, 3.63) is 78.4 Å². The second-order valence-electron chi connectivity index (χ2n) is 6.48. The van der Waals surface area contributed by atoms with Crippen LogP contribution >= 0.6 is 0 Å². The molecule has 2 aromatic rings. The molecule has 1 N–H and O–H groups in total. The predicted molar refractivity (Wildman–Crippen MR) is 101 cm³/mol. The van der Waals surface area contributed by atoms with Crippen LogP contribution in [0.3, 0.4) is 0 Å². The van der Waals surface area contributed by atoms with Crippen LogP contribution in [0.15, 0.2) is 67.3 Å². The fourth-order valence-electron chi connectivity index (χ4n) is 2.24. The van der Waals surface area contributed by atoms with Crippen molar-refractivity contribution in [1.29, 1.82) is 0 Å². The van der Waals surface area contributed by atoms with Crippen molar-refractivity contribution in [2.24, 2.45) is 0 Å². The first-order chi connectivity index (χ1) is 11.4. The largest absolute Gasteiger partial charge is 0.489 e. The van der Waals surface area contributed by atoms with Crippen molar-refractivity contribution in [3.8, 4) is 5.75 Å². The molecule has 0 aromatic heterocycles. The van der Waals surface area contributed by atoms with E-state index in [2.05, 4.69) is 11.3 Å². The Labute approximate surface area is 147 Å². The minimum atomic E-state index is -1.21. The van der Waals surface area contributed by atoms with Crippen LogP contribution in [0.25, 0.3) is 0 Å². The highest BCUT2D eigenvalue weighted by atomic mass is 32.2. The van der Waals surface area contributed by atoms with Crippen LogP contribution in [-0.4, -0.2) is 15.6 Å². The maximum Gasteiger partial charge on any atom is 0.124 e. The molecule has 4 heteroatoms. The third-order valence-electron chi connectivity index (χ3n) is 3.50. The Balaban J connectivity index is 2.43. The summed E-state index contributed by atoms with van der Waals surface area (Å²) in [6.45, 7) is 10.0. The van der Waals surface area contributed by atoms with Crippen LogP contribution in [0.2, 0.25) is 0 Å². The number of benzene rings is 2. The summed E-state index contributed by atoms with van der Waals surface area (Å²) in [6.07, 6.45) is 1.72. The van der Waals surface area contributed by atoms with Crippen molar-refractivity contribution < 1.29 is 8.95 Å². The van der Waals surface area contributed by atoms with Crippen LogP contribution in [-0.2, 0) is 11.0 Å². The van der Waals surface area contributed by atoms with E-state index in [9.17, 15) is 4.21 Å². The summed E-state index contributed by atoms with van der Waals surface area (Å²) in [4.78, 5) is 0. The smallest absolute Gasteiger partial charge is 0.124 e. The Bertz CT molecular complexity index is 692. The molecule has 0 aliphatic heterocycles. The first-order valence-corrected chi connectivity index (χ1v) is 9.14. The highest BCUT2D eigenvalue weighted by molar-refractivity contribution is 7.84. The Kier molecular flexibility index (Phi) is 6.35. The van der Waals surface area contributed by atoms with Crippen LogP contribution in [0.1, 0.15) is 37.9 Å². The molecule has 2 atom stereocenters. The van der Waals surface area contributed by atoms with Gasteiger partial charge in [0.1, 0.15) is 12.4 Å². The van der Waals surface area contributed by atoms with E-state index in [0.29, 0.717) is 6.61 Å². The van der Waals surface area contributed by atoms with E-state index < -0.39 is 11.0 Å². The van der Waals surface area contributed by atoms with Gasteiger partial charge in [0, 0.05) is 5.56 Å². The van der Waals surface area contributed by atoms with Crippen molar-refractivity contribution in [2.45, 2.75) is 31.6 Å². The van der Waals surface area contributed by atoms with Gasteiger partial charge in [-0.15, -0.1) is 0 Å². The summed E-state index contributed by atoms with van der Waals surface area (Å²) in [6, 6.07) is 17.6. The van der Waals surface area contributed by atoms with Gasteiger partial charge in [-0.3, -0.25) is 0 Å². The first kappa shape index (κ1) is 18.4. The molecule has 0 spiro atoms. The van der Waals surface area contributed by atoms with Gasteiger partial charge in [0.2, 0.25) is 0 Å². The monoisotopic (exact) mass is 343 g/mol. The van der Waals surface area contributed by atoms with E-state index in [1.807, 2.05) is 75.4 Å². The highest BCUT2D eigenvalue weighted by Gasteiger charge is 2.26. The van der Waals surface area contributed by atoms with Gasteiger partial charge in [0.25, 0.3) is 0 Å². The van der Waals surface area contributed by atoms with Gasteiger partial charge in [0.05, 0.1) is 21.8 Å². The first-order valence-electron chi connectivity index (χ1n) is 7.99. The molecule has 0 saturated heterocycles. The third kappa shape index (κ3) is 4.79. The molecular weight excluding hydrogens is 318 g/mol. The second-order valence-corrected chi connectivity index (χ2v) is 8.48. The maximum atomic E-state index is 12.7. The Hall–Kier alpha value is -1.91. The zero-order valence-corrected chi connectivity index (χ0v) is 15.3. The summed E-state index contributed by atoms with van der Waals surface area (Å²) in [5.74, 6) is 0.768. The van der Waals surface area contributed by atoms with Crippen LogP contribution in [0.4, 0.5) is 0 Å². The predicted octanol–water partition coefficient (Wildman–Crippen LogP) is 4.39. The Morgan fingerprint density at radius 2 is 1.75 bits per heavy atom. The molecule has 0 fully saturated rings. The number of nitrogens with one attached hydrogen (secondary N) is 1. The van der Waals surface area contributed by atoms with Crippen molar-refractivity contribution in [1.82, 2.24) is 4.72 Å². The number of para-hydroxylation sites is 1. The number of ether oxygens (including phenoxy) is 1. The molecule has 0 amide bonds. The zero-order chi connectivity index (χ0) is 17.6. The molecule has 0 heterocycles. The highest BCUT2D eigenvalue weighted by Crippen LogP contribution is 2.31. The maximum absolute atomic E-state index is 12.7. The molecule has 0 bridgehead atoms. The molecule has 0 aliphatic carbocycles. The van der Waals surface area contributed by atoms with Gasteiger partial charge in [-0.05, 0) is 32.4 Å². The lowest BCUT2D eigenvalue weighted by Gasteiger charge is -2.26. The zero-order valence-electron chi connectivity index (χ0n) is 14.5. The second kappa shape index (κ2) is 8.27. The summed E-state index contributed by atoms with van der Waals surface area (Å²) < 4.78 is 21.4. The molecule has 24 heavy (non-hydrogen) atoms. The van der Waals surface area contributed by atoms with Gasteiger partial charge < -0.3 is 4.74 Å². The average Bonchev–Trinajstić information content (AvgIpc) is 2.58. The lowest BCUT2D eigenvalue weighted by Crippen LogP contribution is -2.36. The van der Waals surface area contributed by atoms with Gasteiger partial charge in [0.15, 0.2) is 0 Å². The molecular formula is C20H25NO2S. The molecule has 2 aromatic carbocycles. The fourth-order valence-corrected chi connectivity index (χ4v) is 3.07. The van der Waals surface area contributed by atoms with Gasteiger partial charge in [-0.1, -0.05) is 61.2 Å². The van der Waals surface area contributed by atoms with E-state index in [-0.39, 0.29) is 10.8 Å². The topological polar surface area (TPSA) is 38.3 Å². The van der Waals surface area contributed by atoms with Crippen molar-refractivity contribution in [3.63, 3.8) is 0 Å². The molecule has 2 rings (SSSR count). The van der Waals surface area contributed by atoms with Crippen LogP contribution in [0.5, 0.6) is 5.75 Å². The molecule has 0 saturated carbocycles. The molecule has 3 nitrogen and oxygen atoms in total. The Morgan fingerprint density at radius 1 is 1.12 bits per heavy atom. The lowest BCUT2D eigenvalue weighted by atomic mass is 9.99. The van der Waals surface area contributed by atoms with E-state index in [0.717, 1.165) is 16.9 Å². The van der Waals surface area contributed by atoms with Gasteiger partial charge in [-0.25, -0.2) is 8.93 Å². The van der Waals surface area contributed by atoms with E-state index in [4.69, 9.17) is 4.74 Å². The number of hydrogen-bond donors (Lipinski definition) is 1. The van der Waals surface area contributed by atoms with Gasteiger partial charge >= 0.3 is 0 Å². The average molecular weight is 343 g/mol. The van der Waals surface area contributed by atoms with Crippen LogP contribution < -0.4 is 9.46 Å². The van der Waals surface area contributed by atoms with Gasteiger partial charge in [-0.2, -0.15) is 0 Å². The summed E-state index contributed by atoms with van der Waals surface area (Å²) in [5, 5.41) is 0. The minimum absolute atomic E-state index is 0.215. The third-order valence-corrected chi connectivity index (χ3v) is 5.06. The van der Waals surface area contributed by atoms with E-state index in [1.54, 1.807) is 6.08 Å². The van der Waals surface area contributed by atoms with E-state index >= 15 is 0 Å². The molecule has 0 radical (unpaired) electrons. The summed E-state index contributed by atoms with van der Waals surface area (Å²) >= 11 is 0. The lowest BCUT2D eigenvalue weighted by molar-refractivity contribution is 0.357.